The molecule has 9 heteroatoms. The van der Waals surface area contributed by atoms with Gasteiger partial charge >= 0.3 is 6.18 Å². The molecule has 1 rings (SSSR count). The Labute approximate surface area is 96.6 Å². The van der Waals surface area contributed by atoms with Gasteiger partial charge in [0.1, 0.15) is 11.3 Å². The normalized spacial score (nSPS) is 12.6. The molecular formula is C9H7F5N2O2. The average molecular weight is 270 g/mol. The Morgan fingerprint density at radius 3 is 2.11 bits per heavy atom. The van der Waals surface area contributed by atoms with Gasteiger partial charge < -0.3 is 10.7 Å². The minimum Gasteiger partial charge on any atom is -0.365 e. The zero-order chi connectivity index (χ0) is 14.3. The Morgan fingerprint density at radius 1 is 1.28 bits per heavy atom. The molecule has 18 heavy (non-hydrogen) atoms. The molecule has 0 atom stereocenters. The molecule has 1 aromatic rings. The van der Waals surface area contributed by atoms with E-state index < -0.39 is 40.4 Å². The third-order valence-corrected chi connectivity index (χ3v) is 2.03. The molecule has 0 saturated carbocycles. The SMILES string of the molecule is CC(F)(F)c1cc(=O)c(C(N)=O)c(C(F)(F)F)[nH]1. The monoisotopic (exact) mass is 270 g/mol. The molecular weight excluding hydrogens is 263 g/mol. The van der Waals surface area contributed by atoms with Crippen LogP contribution in [0.4, 0.5) is 22.0 Å². The van der Waals surface area contributed by atoms with Gasteiger partial charge in [0.2, 0.25) is 0 Å². The van der Waals surface area contributed by atoms with Gasteiger partial charge in [-0.15, -0.1) is 0 Å². The van der Waals surface area contributed by atoms with Crippen molar-refractivity contribution >= 4 is 5.91 Å². The van der Waals surface area contributed by atoms with E-state index in [1.54, 1.807) is 0 Å². The lowest BCUT2D eigenvalue weighted by Crippen LogP contribution is -2.30. The van der Waals surface area contributed by atoms with Crippen LogP contribution in [0.15, 0.2) is 10.9 Å². The summed E-state index contributed by atoms with van der Waals surface area (Å²) in [5, 5.41) is 0. The predicted octanol–water partition coefficient (Wildman–Crippen LogP) is 1.60. The molecule has 0 aliphatic heterocycles. The van der Waals surface area contributed by atoms with Crippen molar-refractivity contribution < 1.29 is 26.7 Å². The highest BCUT2D eigenvalue weighted by atomic mass is 19.4. The highest BCUT2D eigenvalue weighted by molar-refractivity contribution is 5.94. The number of carbonyl (C=O) groups excluding carboxylic acids is 1. The maximum absolute atomic E-state index is 12.9. The van der Waals surface area contributed by atoms with Crippen LogP contribution < -0.4 is 11.2 Å². The van der Waals surface area contributed by atoms with Crippen molar-refractivity contribution in [3.63, 3.8) is 0 Å². The summed E-state index contributed by atoms with van der Waals surface area (Å²) in [6.45, 7) is 0.308. The molecule has 0 unspecified atom stereocenters. The zero-order valence-corrected chi connectivity index (χ0v) is 8.86. The third-order valence-electron chi connectivity index (χ3n) is 2.03. The average Bonchev–Trinajstić information content (AvgIpc) is 2.12. The Hall–Kier alpha value is -1.93. The topological polar surface area (TPSA) is 76.0 Å². The summed E-state index contributed by atoms with van der Waals surface area (Å²) in [4.78, 5) is 23.3. The Balaban J connectivity index is 3.69. The number of halogens is 5. The van der Waals surface area contributed by atoms with Crippen LogP contribution in [-0.4, -0.2) is 10.9 Å². The summed E-state index contributed by atoms with van der Waals surface area (Å²) >= 11 is 0. The first-order valence-corrected chi connectivity index (χ1v) is 4.47. The van der Waals surface area contributed by atoms with Gasteiger partial charge in [0.15, 0.2) is 5.43 Å². The van der Waals surface area contributed by atoms with Crippen molar-refractivity contribution in [2.75, 3.05) is 0 Å². The van der Waals surface area contributed by atoms with Gasteiger partial charge in [-0.3, -0.25) is 9.59 Å². The van der Waals surface area contributed by atoms with E-state index in [1.165, 1.54) is 4.98 Å². The second-order valence-electron chi connectivity index (χ2n) is 3.55. The smallest absolute Gasteiger partial charge is 0.365 e. The van der Waals surface area contributed by atoms with Crippen molar-refractivity contribution in [3.8, 4) is 0 Å². The largest absolute Gasteiger partial charge is 0.432 e. The lowest BCUT2D eigenvalue weighted by atomic mass is 10.1. The molecule has 1 amide bonds. The van der Waals surface area contributed by atoms with Gasteiger partial charge in [-0.1, -0.05) is 0 Å². The van der Waals surface area contributed by atoms with Crippen LogP contribution in [0, 0.1) is 0 Å². The molecule has 0 bridgehead atoms. The van der Waals surface area contributed by atoms with Gasteiger partial charge in [0, 0.05) is 13.0 Å². The molecule has 0 radical (unpaired) electrons. The van der Waals surface area contributed by atoms with Crippen molar-refractivity contribution in [2.45, 2.75) is 19.0 Å². The van der Waals surface area contributed by atoms with Gasteiger partial charge in [-0.05, 0) is 0 Å². The molecule has 0 fully saturated rings. The van der Waals surface area contributed by atoms with E-state index >= 15 is 0 Å². The van der Waals surface area contributed by atoms with Crippen molar-refractivity contribution in [3.05, 3.63) is 33.2 Å². The van der Waals surface area contributed by atoms with E-state index in [0.29, 0.717) is 6.92 Å². The molecule has 1 heterocycles. The first-order valence-electron chi connectivity index (χ1n) is 4.47. The van der Waals surface area contributed by atoms with Crippen LogP contribution in [0.2, 0.25) is 0 Å². The number of carbonyl (C=O) groups is 1. The molecule has 3 N–H and O–H groups in total. The van der Waals surface area contributed by atoms with Crippen molar-refractivity contribution in [2.24, 2.45) is 5.73 Å². The second kappa shape index (κ2) is 4.07. The van der Waals surface area contributed by atoms with Gasteiger partial charge in [-0.25, -0.2) is 8.78 Å². The van der Waals surface area contributed by atoms with Crippen LogP contribution in [0.5, 0.6) is 0 Å². The predicted molar refractivity (Wildman–Crippen MR) is 50.2 cm³/mol. The van der Waals surface area contributed by atoms with Gasteiger partial charge in [0.05, 0.1) is 5.69 Å². The maximum atomic E-state index is 12.9. The van der Waals surface area contributed by atoms with E-state index in [1.807, 2.05) is 0 Å². The fourth-order valence-electron chi connectivity index (χ4n) is 1.25. The van der Waals surface area contributed by atoms with Crippen LogP contribution in [0.25, 0.3) is 0 Å². The van der Waals surface area contributed by atoms with Crippen LogP contribution in [0.1, 0.15) is 28.7 Å². The summed E-state index contributed by atoms with van der Waals surface area (Å²) in [7, 11) is 0. The summed E-state index contributed by atoms with van der Waals surface area (Å²) in [6, 6.07) is 0.218. The van der Waals surface area contributed by atoms with Crippen molar-refractivity contribution in [1.82, 2.24) is 4.98 Å². The number of rotatable bonds is 2. The number of primary amides is 1. The molecule has 1 aromatic heterocycles. The molecule has 0 aliphatic carbocycles. The van der Waals surface area contributed by atoms with Gasteiger partial charge in [0.25, 0.3) is 11.8 Å². The number of H-pyrrole nitrogens is 1. The summed E-state index contributed by atoms with van der Waals surface area (Å²) in [6.07, 6.45) is -5.18. The van der Waals surface area contributed by atoms with E-state index in [4.69, 9.17) is 0 Å². The Morgan fingerprint density at radius 2 is 1.78 bits per heavy atom. The first-order chi connectivity index (χ1) is 7.94. The summed E-state index contributed by atoms with van der Waals surface area (Å²) in [5.41, 5.74) is -1.40. The number of hydrogen-bond acceptors (Lipinski definition) is 2. The number of pyridine rings is 1. The number of nitrogens with two attached hydrogens (primary N) is 1. The number of aromatic nitrogens is 1. The Kier molecular flexibility index (Phi) is 3.20. The fourth-order valence-corrected chi connectivity index (χ4v) is 1.25. The number of hydrogen-bond donors (Lipinski definition) is 2. The van der Waals surface area contributed by atoms with Crippen LogP contribution in [0.3, 0.4) is 0 Å². The van der Waals surface area contributed by atoms with Crippen LogP contribution >= 0.6 is 0 Å². The summed E-state index contributed by atoms with van der Waals surface area (Å²) in [5.74, 6) is -5.33. The number of aromatic amines is 1. The molecule has 0 aromatic carbocycles. The maximum Gasteiger partial charge on any atom is 0.432 e. The highest BCUT2D eigenvalue weighted by Crippen LogP contribution is 2.32. The third kappa shape index (κ3) is 2.66. The van der Waals surface area contributed by atoms with Crippen molar-refractivity contribution in [1.29, 1.82) is 0 Å². The van der Waals surface area contributed by atoms with Gasteiger partial charge in [-0.2, -0.15) is 13.2 Å². The Bertz CT molecular complexity index is 541. The number of nitrogens with one attached hydrogen (secondary N) is 1. The number of amides is 1. The standard InChI is InChI=1S/C9H7F5N2O2/c1-8(10,11)4-2-3(17)5(7(15)18)6(16-4)9(12,13)14/h2H,1H3,(H2,15,18)(H,16,17). The lowest BCUT2D eigenvalue weighted by Gasteiger charge is -2.15. The minimum atomic E-state index is -5.18. The fraction of sp³-hybridized carbons (Fsp3) is 0.333. The van der Waals surface area contributed by atoms with E-state index in [0.717, 1.165) is 0 Å². The molecule has 0 saturated heterocycles. The van der Waals surface area contributed by atoms with E-state index in [2.05, 4.69) is 5.73 Å². The second-order valence-corrected chi connectivity index (χ2v) is 3.55. The number of alkyl halides is 5. The first kappa shape index (κ1) is 14.1. The highest BCUT2D eigenvalue weighted by Gasteiger charge is 2.39. The molecule has 0 spiro atoms. The quantitative estimate of drug-likeness (QED) is 0.801. The zero-order valence-electron chi connectivity index (χ0n) is 8.86. The molecule has 100 valence electrons. The lowest BCUT2D eigenvalue weighted by molar-refractivity contribution is -0.142. The summed E-state index contributed by atoms with van der Waals surface area (Å²) < 4.78 is 63.4. The van der Waals surface area contributed by atoms with E-state index in [9.17, 15) is 31.5 Å². The molecule has 0 aliphatic rings. The van der Waals surface area contributed by atoms with Crippen LogP contribution in [-0.2, 0) is 12.1 Å². The van der Waals surface area contributed by atoms with E-state index in [-0.39, 0.29) is 6.07 Å². The minimum absolute atomic E-state index is 0.218. The molecule has 4 nitrogen and oxygen atoms in total.